The summed E-state index contributed by atoms with van der Waals surface area (Å²) in [7, 11) is 1.73. The Hall–Kier alpha value is -1.26. The van der Waals surface area contributed by atoms with E-state index in [1.54, 1.807) is 7.11 Å². The SMILES string of the molecule is COC1NC2(CC2)c2cc3c(cc21)OCO3. The zero-order chi connectivity index (χ0) is 10.8. The number of rotatable bonds is 1. The third kappa shape index (κ3) is 0.961. The molecule has 4 nitrogen and oxygen atoms in total. The van der Waals surface area contributed by atoms with E-state index in [-0.39, 0.29) is 11.8 Å². The molecule has 1 aromatic rings. The third-order valence-electron chi connectivity index (χ3n) is 3.74. The van der Waals surface area contributed by atoms with Crippen LogP contribution in [-0.4, -0.2) is 13.9 Å². The molecule has 16 heavy (non-hydrogen) atoms. The number of ether oxygens (including phenoxy) is 3. The Morgan fingerprint density at radius 1 is 1.31 bits per heavy atom. The van der Waals surface area contributed by atoms with Crippen molar-refractivity contribution < 1.29 is 14.2 Å². The minimum absolute atomic E-state index is 0.00741. The molecule has 2 aliphatic heterocycles. The predicted molar refractivity (Wildman–Crippen MR) is 56.4 cm³/mol. The van der Waals surface area contributed by atoms with Gasteiger partial charge in [-0.05, 0) is 30.5 Å². The molecule has 1 aromatic carbocycles. The summed E-state index contributed by atoms with van der Waals surface area (Å²) in [5.74, 6) is 1.70. The Bertz CT molecular complexity index is 468. The van der Waals surface area contributed by atoms with Crippen molar-refractivity contribution in [2.75, 3.05) is 13.9 Å². The van der Waals surface area contributed by atoms with E-state index in [2.05, 4.69) is 11.4 Å². The minimum atomic E-state index is -0.00741. The van der Waals surface area contributed by atoms with Crippen LogP contribution in [0.1, 0.15) is 30.2 Å². The van der Waals surface area contributed by atoms with E-state index in [4.69, 9.17) is 14.2 Å². The van der Waals surface area contributed by atoms with E-state index < -0.39 is 0 Å². The van der Waals surface area contributed by atoms with Crippen molar-refractivity contribution in [3.8, 4) is 11.5 Å². The van der Waals surface area contributed by atoms with E-state index in [9.17, 15) is 0 Å². The fraction of sp³-hybridized carbons (Fsp3) is 0.500. The molecule has 2 heterocycles. The Kier molecular flexibility index (Phi) is 1.49. The molecule has 0 amide bonds. The van der Waals surface area contributed by atoms with Crippen molar-refractivity contribution in [1.82, 2.24) is 5.32 Å². The molecular formula is C12H13NO3. The Balaban J connectivity index is 1.90. The van der Waals surface area contributed by atoms with Crippen LogP contribution in [0.3, 0.4) is 0 Å². The van der Waals surface area contributed by atoms with Gasteiger partial charge in [0.25, 0.3) is 0 Å². The van der Waals surface area contributed by atoms with Crippen LogP contribution in [0.5, 0.6) is 11.5 Å². The summed E-state index contributed by atoms with van der Waals surface area (Å²) in [6.45, 7) is 0.330. The molecule has 0 bridgehead atoms. The molecule has 1 saturated carbocycles. The third-order valence-corrected chi connectivity index (χ3v) is 3.74. The number of methoxy groups -OCH3 is 1. The fourth-order valence-electron chi connectivity index (χ4n) is 2.72. The Labute approximate surface area is 93.5 Å². The summed E-state index contributed by atoms with van der Waals surface area (Å²) in [5.41, 5.74) is 2.67. The lowest BCUT2D eigenvalue weighted by Gasteiger charge is -2.11. The van der Waals surface area contributed by atoms with Crippen LogP contribution in [0.4, 0.5) is 0 Å². The Morgan fingerprint density at radius 2 is 2.06 bits per heavy atom. The van der Waals surface area contributed by atoms with E-state index in [0.29, 0.717) is 6.79 Å². The number of fused-ring (bicyclic) bond motifs is 3. The van der Waals surface area contributed by atoms with Gasteiger partial charge in [0.15, 0.2) is 11.5 Å². The van der Waals surface area contributed by atoms with Gasteiger partial charge in [-0.1, -0.05) is 0 Å². The van der Waals surface area contributed by atoms with E-state index in [1.165, 1.54) is 24.0 Å². The summed E-state index contributed by atoms with van der Waals surface area (Å²) < 4.78 is 16.3. The van der Waals surface area contributed by atoms with Gasteiger partial charge in [-0.25, -0.2) is 0 Å². The molecule has 84 valence electrons. The smallest absolute Gasteiger partial charge is 0.231 e. The zero-order valence-corrected chi connectivity index (χ0v) is 9.08. The standard InChI is InChI=1S/C12H13NO3/c1-14-11-7-4-9-10(16-6-15-9)5-8(7)12(13-11)2-3-12/h4-5,11,13H,2-3,6H2,1H3. The lowest BCUT2D eigenvalue weighted by Crippen LogP contribution is -2.24. The van der Waals surface area contributed by atoms with Gasteiger partial charge in [-0.2, -0.15) is 0 Å². The largest absolute Gasteiger partial charge is 0.454 e. The zero-order valence-electron chi connectivity index (χ0n) is 9.08. The normalized spacial score (nSPS) is 27.2. The molecule has 1 fully saturated rings. The molecule has 4 rings (SSSR count). The average Bonchev–Trinajstić information content (AvgIpc) is 2.82. The predicted octanol–water partition coefficient (Wildman–Crippen LogP) is 1.65. The highest BCUT2D eigenvalue weighted by Crippen LogP contribution is 2.56. The molecular weight excluding hydrogens is 206 g/mol. The quantitative estimate of drug-likeness (QED) is 0.779. The Morgan fingerprint density at radius 3 is 2.75 bits per heavy atom. The van der Waals surface area contributed by atoms with Gasteiger partial charge in [0, 0.05) is 18.2 Å². The molecule has 1 unspecified atom stereocenters. The van der Waals surface area contributed by atoms with Gasteiger partial charge >= 0.3 is 0 Å². The van der Waals surface area contributed by atoms with Gasteiger partial charge in [0.05, 0.1) is 0 Å². The summed E-state index contributed by atoms with van der Waals surface area (Å²) in [4.78, 5) is 0. The van der Waals surface area contributed by atoms with Gasteiger partial charge in [0.1, 0.15) is 6.23 Å². The number of hydrogen-bond acceptors (Lipinski definition) is 4. The molecule has 1 spiro atoms. The summed E-state index contributed by atoms with van der Waals surface area (Å²) in [5, 5.41) is 3.53. The first-order valence-electron chi connectivity index (χ1n) is 5.57. The number of nitrogens with one attached hydrogen (secondary N) is 1. The molecule has 4 heteroatoms. The molecule has 1 atom stereocenters. The average molecular weight is 219 g/mol. The van der Waals surface area contributed by atoms with E-state index >= 15 is 0 Å². The van der Waals surface area contributed by atoms with Crippen molar-refractivity contribution in [3.05, 3.63) is 23.3 Å². The summed E-state index contributed by atoms with van der Waals surface area (Å²) >= 11 is 0. The van der Waals surface area contributed by atoms with Crippen molar-refractivity contribution in [1.29, 1.82) is 0 Å². The topological polar surface area (TPSA) is 39.7 Å². The van der Waals surface area contributed by atoms with E-state index in [1.807, 2.05) is 6.07 Å². The van der Waals surface area contributed by atoms with Gasteiger partial charge in [-0.3, -0.25) is 5.32 Å². The van der Waals surface area contributed by atoms with Crippen LogP contribution >= 0.6 is 0 Å². The first-order chi connectivity index (χ1) is 7.82. The van der Waals surface area contributed by atoms with E-state index in [0.717, 1.165) is 11.5 Å². The van der Waals surface area contributed by atoms with Gasteiger partial charge in [0.2, 0.25) is 6.79 Å². The summed E-state index contributed by atoms with van der Waals surface area (Å²) in [6.07, 6.45) is 2.35. The maximum atomic E-state index is 5.47. The molecule has 0 radical (unpaired) electrons. The van der Waals surface area contributed by atoms with Gasteiger partial charge in [-0.15, -0.1) is 0 Å². The van der Waals surface area contributed by atoms with Crippen LogP contribution in [0.2, 0.25) is 0 Å². The highest BCUT2D eigenvalue weighted by molar-refractivity contribution is 5.55. The molecule has 0 saturated heterocycles. The monoisotopic (exact) mass is 219 g/mol. The van der Waals surface area contributed by atoms with Gasteiger partial charge < -0.3 is 14.2 Å². The maximum absolute atomic E-state index is 5.47. The highest BCUT2D eigenvalue weighted by atomic mass is 16.7. The van der Waals surface area contributed by atoms with Crippen molar-refractivity contribution >= 4 is 0 Å². The second kappa shape index (κ2) is 2.70. The van der Waals surface area contributed by atoms with Crippen LogP contribution in [-0.2, 0) is 10.3 Å². The summed E-state index contributed by atoms with van der Waals surface area (Å²) in [6, 6.07) is 4.16. The first kappa shape index (κ1) is 8.84. The van der Waals surface area contributed by atoms with Crippen LogP contribution < -0.4 is 14.8 Å². The highest BCUT2D eigenvalue weighted by Gasteiger charge is 2.53. The lowest BCUT2D eigenvalue weighted by atomic mass is 10.0. The van der Waals surface area contributed by atoms with Crippen molar-refractivity contribution in [2.24, 2.45) is 0 Å². The van der Waals surface area contributed by atoms with Crippen molar-refractivity contribution in [2.45, 2.75) is 24.6 Å². The van der Waals surface area contributed by atoms with Crippen molar-refractivity contribution in [3.63, 3.8) is 0 Å². The van der Waals surface area contributed by atoms with Crippen LogP contribution in [0.15, 0.2) is 12.1 Å². The molecule has 1 N–H and O–H groups in total. The van der Waals surface area contributed by atoms with Crippen LogP contribution in [0, 0.1) is 0 Å². The first-order valence-corrected chi connectivity index (χ1v) is 5.57. The maximum Gasteiger partial charge on any atom is 0.231 e. The second-order valence-corrected chi connectivity index (χ2v) is 4.63. The van der Waals surface area contributed by atoms with Crippen LogP contribution in [0.25, 0.3) is 0 Å². The second-order valence-electron chi connectivity index (χ2n) is 4.63. The molecule has 0 aromatic heterocycles. The molecule has 3 aliphatic rings. The molecule has 1 aliphatic carbocycles. The fourth-order valence-corrected chi connectivity index (χ4v) is 2.72. The lowest BCUT2D eigenvalue weighted by molar-refractivity contribution is 0.0730. The minimum Gasteiger partial charge on any atom is -0.454 e. The number of hydrogen-bond donors (Lipinski definition) is 1. The number of benzene rings is 1.